The summed E-state index contributed by atoms with van der Waals surface area (Å²) in [6, 6.07) is 0. The van der Waals surface area contributed by atoms with Crippen LogP contribution in [0.3, 0.4) is 0 Å². The maximum Gasteiger partial charge on any atom is 0.0771 e. The van der Waals surface area contributed by atoms with E-state index in [1.807, 2.05) is 0 Å². The lowest BCUT2D eigenvalue weighted by Crippen LogP contribution is -2.41. The third-order valence-electron chi connectivity index (χ3n) is 2.93. The molecule has 0 bridgehead atoms. The van der Waals surface area contributed by atoms with Crippen molar-refractivity contribution < 1.29 is 4.74 Å². The van der Waals surface area contributed by atoms with Gasteiger partial charge in [-0.05, 0) is 53.6 Å². The van der Waals surface area contributed by atoms with Crippen LogP contribution < -0.4 is 10.6 Å². The summed E-state index contributed by atoms with van der Waals surface area (Å²) in [5, 5.41) is 6.93. The van der Waals surface area contributed by atoms with E-state index in [9.17, 15) is 0 Å². The van der Waals surface area contributed by atoms with Crippen LogP contribution in [0.1, 0.15) is 47.5 Å². The summed E-state index contributed by atoms with van der Waals surface area (Å²) in [5.41, 5.74) is 0.210. The first-order chi connectivity index (χ1) is 7.33. The zero-order valence-electron chi connectivity index (χ0n) is 11.9. The van der Waals surface area contributed by atoms with Crippen LogP contribution >= 0.6 is 0 Å². The lowest BCUT2D eigenvalue weighted by molar-refractivity contribution is 0.00383. The van der Waals surface area contributed by atoms with Crippen molar-refractivity contribution in [3.05, 3.63) is 0 Å². The fourth-order valence-electron chi connectivity index (χ4n) is 1.37. The van der Waals surface area contributed by atoms with Crippen LogP contribution in [0.4, 0.5) is 0 Å². The Bertz CT molecular complexity index is 171. The number of hydrogen-bond donors (Lipinski definition) is 2. The Balaban J connectivity index is 3.47. The Labute approximate surface area is 101 Å². The molecule has 0 saturated heterocycles. The molecule has 0 aliphatic carbocycles. The van der Waals surface area contributed by atoms with Crippen LogP contribution in [0, 0.1) is 0 Å². The first kappa shape index (κ1) is 15.9. The standard InChI is InChI=1S/C13H30N2O/c1-7-13(5,16-6)11-14-9-8-10-15-12(2,3)4/h14-15H,7-11H2,1-6H3. The van der Waals surface area contributed by atoms with Crippen molar-refractivity contribution in [2.24, 2.45) is 0 Å². The topological polar surface area (TPSA) is 33.3 Å². The molecule has 0 rings (SSSR count). The van der Waals surface area contributed by atoms with Gasteiger partial charge in [0.15, 0.2) is 0 Å². The molecule has 0 amide bonds. The van der Waals surface area contributed by atoms with E-state index >= 15 is 0 Å². The Morgan fingerprint density at radius 3 is 2.12 bits per heavy atom. The van der Waals surface area contributed by atoms with Gasteiger partial charge in [0.1, 0.15) is 0 Å². The predicted octanol–water partition coefficient (Wildman–Crippen LogP) is 2.17. The summed E-state index contributed by atoms with van der Waals surface area (Å²) in [5.74, 6) is 0. The molecule has 2 N–H and O–H groups in total. The van der Waals surface area contributed by atoms with Crippen molar-refractivity contribution in [2.75, 3.05) is 26.7 Å². The first-order valence-corrected chi connectivity index (χ1v) is 6.34. The molecule has 0 aliphatic rings. The van der Waals surface area contributed by atoms with E-state index in [1.54, 1.807) is 7.11 Å². The van der Waals surface area contributed by atoms with Gasteiger partial charge in [-0.3, -0.25) is 0 Å². The summed E-state index contributed by atoms with van der Waals surface area (Å²) in [4.78, 5) is 0. The summed E-state index contributed by atoms with van der Waals surface area (Å²) in [6.07, 6.45) is 2.19. The van der Waals surface area contributed by atoms with E-state index in [4.69, 9.17) is 4.74 Å². The molecule has 0 radical (unpaired) electrons. The summed E-state index contributed by atoms with van der Waals surface area (Å²) in [6.45, 7) is 13.9. The molecular weight excluding hydrogens is 200 g/mol. The molecule has 0 saturated carbocycles. The van der Waals surface area contributed by atoms with Crippen LogP contribution in [-0.4, -0.2) is 37.9 Å². The third-order valence-corrected chi connectivity index (χ3v) is 2.93. The van der Waals surface area contributed by atoms with Gasteiger partial charge in [0.2, 0.25) is 0 Å². The molecule has 0 spiro atoms. The summed E-state index contributed by atoms with van der Waals surface area (Å²) < 4.78 is 5.47. The molecule has 0 aromatic heterocycles. The number of hydrogen-bond acceptors (Lipinski definition) is 3. The average Bonchev–Trinajstić information content (AvgIpc) is 2.21. The Morgan fingerprint density at radius 1 is 1.06 bits per heavy atom. The van der Waals surface area contributed by atoms with Crippen molar-refractivity contribution in [3.63, 3.8) is 0 Å². The highest BCUT2D eigenvalue weighted by atomic mass is 16.5. The normalized spacial score (nSPS) is 16.1. The quantitative estimate of drug-likeness (QED) is 0.627. The van der Waals surface area contributed by atoms with Crippen molar-refractivity contribution >= 4 is 0 Å². The van der Waals surface area contributed by atoms with Crippen LogP contribution in [0.2, 0.25) is 0 Å². The summed E-state index contributed by atoms with van der Waals surface area (Å²) in [7, 11) is 1.78. The van der Waals surface area contributed by atoms with E-state index in [2.05, 4.69) is 45.3 Å². The lowest BCUT2D eigenvalue weighted by atomic mass is 10.0. The molecule has 16 heavy (non-hydrogen) atoms. The summed E-state index contributed by atoms with van der Waals surface area (Å²) >= 11 is 0. The van der Waals surface area contributed by atoms with Gasteiger partial charge in [-0.2, -0.15) is 0 Å². The second kappa shape index (κ2) is 7.25. The maximum absolute atomic E-state index is 5.47. The smallest absolute Gasteiger partial charge is 0.0771 e. The molecule has 1 unspecified atom stereocenters. The van der Waals surface area contributed by atoms with Crippen molar-refractivity contribution in [1.82, 2.24) is 10.6 Å². The molecule has 0 aromatic rings. The lowest BCUT2D eigenvalue weighted by Gasteiger charge is -2.27. The number of methoxy groups -OCH3 is 1. The van der Waals surface area contributed by atoms with Crippen molar-refractivity contribution in [2.45, 2.75) is 58.6 Å². The van der Waals surface area contributed by atoms with Gasteiger partial charge in [0, 0.05) is 19.2 Å². The average molecular weight is 230 g/mol. The zero-order chi connectivity index (χ0) is 12.7. The molecule has 0 aromatic carbocycles. The van der Waals surface area contributed by atoms with E-state index in [-0.39, 0.29) is 11.1 Å². The van der Waals surface area contributed by atoms with Gasteiger partial charge in [0.25, 0.3) is 0 Å². The fraction of sp³-hybridized carbons (Fsp3) is 1.00. The zero-order valence-corrected chi connectivity index (χ0v) is 11.9. The Kier molecular flexibility index (Phi) is 7.20. The minimum atomic E-state index is -0.0164. The number of rotatable bonds is 8. The molecular formula is C13H30N2O. The van der Waals surface area contributed by atoms with Gasteiger partial charge in [-0.1, -0.05) is 6.92 Å². The molecule has 0 heterocycles. The Morgan fingerprint density at radius 2 is 1.69 bits per heavy atom. The SMILES string of the molecule is CCC(C)(CNCCCNC(C)(C)C)OC. The van der Waals surface area contributed by atoms with Crippen LogP contribution in [-0.2, 0) is 4.74 Å². The van der Waals surface area contributed by atoms with E-state index in [0.29, 0.717) is 0 Å². The Hall–Kier alpha value is -0.120. The van der Waals surface area contributed by atoms with E-state index < -0.39 is 0 Å². The van der Waals surface area contributed by atoms with Gasteiger partial charge in [0.05, 0.1) is 5.60 Å². The van der Waals surface area contributed by atoms with Crippen LogP contribution in [0.15, 0.2) is 0 Å². The number of ether oxygens (including phenoxy) is 1. The molecule has 0 fully saturated rings. The highest BCUT2D eigenvalue weighted by Gasteiger charge is 2.19. The monoisotopic (exact) mass is 230 g/mol. The maximum atomic E-state index is 5.47. The second-order valence-electron chi connectivity index (χ2n) is 5.71. The minimum Gasteiger partial charge on any atom is -0.377 e. The highest BCUT2D eigenvalue weighted by Crippen LogP contribution is 2.11. The van der Waals surface area contributed by atoms with Crippen LogP contribution in [0.5, 0.6) is 0 Å². The molecule has 98 valence electrons. The van der Waals surface area contributed by atoms with Crippen molar-refractivity contribution in [1.29, 1.82) is 0 Å². The van der Waals surface area contributed by atoms with Crippen molar-refractivity contribution in [3.8, 4) is 0 Å². The highest BCUT2D eigenvalue weighted by molar-refractivity contribution is 4.76. The molecule has 3 heteroatoms. The second-order valence-corrected chi connectivity index (χ2v) is 5.71. The van der Waals surface area contributed by atoms with Gasteiger partial charge in [-0.25, -0.2) is 0 Å². The molecule has 1 atom stereocenters. The van der Waals surface area contributed by atoms with E-state index in [1.165, 1.54) is 0 Å². The van der Waals surface area contributed by atoms with E-state index in [0.717, 1.165) is 32.5 Å². The van der Waals surface area contributed by atoms with Gasteiger partial charge in [-0.15, -0.1) is 0 Å². The van der Waals surface area contributed by atoms with Gasteiger partial charge >= 0.3 is 0 Å². The minimum absolute atomic E-state index is 0.0164. The van der Waals surface area contributed by atoms with Gasteiger partial charge < -0.3 is 15.4 Å². The number of nitrogens with one attached hydrogen (secondary N) is 2. The van der Waals surface area contributed by atoms with Crippen LogP contribution in [0.25, 0.3) is 0 Å². The fourth-order valence-corrected chi connectivity index (χ4v) is 1.37. The largest absolute Gasteiger partial charge is 0.377 e. The first-order valence-electron chi connectivity index (χ1n) is 6.34. The third kappa shape index (κ3) is 8.08. The molecule has 0 aliphatic heterocycles. The predicted molar refractivity (Wildman–Crippen MR) is 70.9 cm³/mol. The molecule has 3 nitrogen and oxygen atoms in total.